The zero-order chi connectivity index (χ0) is 20.1. The predicted octanol–water partition coefficient (Wildman–Crippen LogP) is 3.52. The summed E-state index contributed by atoms with van der Waals surface area (Å²) in [5.74, 6) is -0.757. The molecule has 0 radical (unpaired) electrons. The van der Waals surface area contributed by atoms with E-state index in [1.807, 2.05) is 0 Å². The smallest absolute Gasteiger partial charge is 0.269 e. The summed E-state index contributed by atoms with van der Waals surface area (Å²) < 4.78 is 24.4. The molecule has 0 aliphatic heterocycles. The maximum Gasteiger partial charge on any atom is 0.269 e. The van der Waals surface area contributed by atoms with Crippen molar-refractivity contribution in [3.05, 3.63) is 70.1 Å². The van der Waals surface area contributed by atoms with Crippen LogP contribution in [0.1, 0.15) is 6.42 Å². The molecule has 0 unspecified atom stereocenters. The molecule has 2 aromatic carbocycles. The third-order valence-corrected chi connectivity index (χ3v) is 6.31. The van der Waals surface area contributed by atoms with Gasteiger partial charge >= 0.3 is 0 Å². The fourth-order valence-electron chi connectivity index (χ4n) is 2.37. The van der Waals surface area contributed by atoms with Crippen LogP contribution in [0.4, 0.5) is 10.8 Å². The van der Waals surface area contributed by atoms with E-state index < -0.39 is 20.7 Å². The molecule has 0 spiro atoms. The lowest BCUT2D eigenvalue weighted by Gasteiger charge is -2.04. The van der Waals surface area contributed by atoms with E-state index in [0.29, 0.717) is 16.4 Å². The lowest BCUT2D eigenvalue weighted by molar-refractivity contribution is -0.384. The number of rotatable bonds is 7. The molecule has 144 valence electrons. The highest BCUT2D eigenvalue weighted by atomic mass is 32.2. The SMILES string of the molecule is O=C(CCS(=O)(=O)c1ccccc1)Nc1nc(-c2ccc([N+](=O)[O-])cc2)cs1. The Labute approximate surface area is 164 Å². The van der Waals surface area contributed by atoms with E-state index in [9.17, 15) is 23.3 Å². The second-order valence-electron chi connectivity index (χ2n) is 5.77. The largest absolute Gasteiger partial charge is 0.302 e. The Balaban J connectivity index is 1.60. The van der Waals surface area contributed by atoms with Gasteiger partial charge in [-0.05, 0) is 24.3 Å². The number of nitrogens with zero attached hydrogens (tertiary/aromatic N) is 2. The van der Waals surface area contributed by atoms with E-state index in [1.54, 1.807) is 35.7 Å². The molecule has 0 saturated heterocycles. The third kappa shape index (κ3) is 4.78. The van der Waals surface area contributed by atoms with Crippen LogP contribution in [0.5, 0.6) is 0 Å². The minimum atomic E-state index is -3.53. The number of hydrogen-bond donors (Lipinski definition) is 1. The summed E-state index contributed by atoms with van der Waals surface area (Å²) in [5, 5.41) is 15.3. The van der Waals surface area contributed by atoms with E-state index in [1.165, 1.54) is 35.6 Å². The zero-order valence-corrected chi connectivity index (χ0v) is 16.1. The molecule has 3 rings (SSSR count). The Hall–Kier alpha value is -3.11. The summed E-state index contributed by atoms with van der Waals surface area (Å²) in [6, 6.07) is 13.9. The van der Waals surface area contributed by atoms with Gasteiger partial charge in [0.2, 0.25) is 5.91 Å². The Morgan fingerprint density at radius 2 is 1.79 bits per heavy atom. The van der Waals surface area contributed by atoms with Crippen molar-refractivity contribution >= 4 is 37.9 Å². The fraction of sp³-hybridized carbons (Fsp3) is 0.111. The Morgan fingerprint density at radius 3 is 2.43 bits per heavy atom. The van der Waals surface area contributed by atoms with Crippen molar-refractivity contribution < 1.29 is 18.1 Å². The second-order valence-corrected chi connectivity index (χ2v) is 8.74. The highest BCUT2D eigenvalue weighted by Gasteiger charge is 2.17. The van der Waals surface area contributed by atoms with Crippen LogP contribution in [-0.4, -0.2) is 30.0 Å². The molecule has 8 nitrogen and oxygen atoms in total. The first kappa shape index (κ1) is 19.6. The summed E-state index contributed by atoms with van der Waals surface area (Å²) >= 11 is 1.19. The van der Waals surface area contributed by atoms with Crippen LogP contribution in [0.15, 0.2) is 64.9 Å². The summed E-state index contributed by atoms with van der Waals surface area (Å²) in [5.41, 5.74) is 1.22. The van der Waals surface area contributed by atoms with Gasteiger partial charge in [-0.3, -0.25) is 14.9 Å². The lowest BCUT2D eigenvalue weighted by atomic mass is 10.1. The Bertz CT molecular complexity index is 1090. The Morgan fingerprint density at radius 1 is 1.11 bits per heavy atom. The van der Waals surface area contributed by atoms with Gasteiger partial charge in [0.25, 0.3) is 5.69 Å². The molecule has 10 heteroatoms. The maximum atomic E-state index is 12.2. The number of carbonyl (C=O) groups excluding carboxylic acids is 1. The number of carbonyl (C=O) groups is 1. The number of nitro groups is 1. The minimum absolute atomic E-state index is 0.0212. The van der Waals surface area contributed by atoms with Crippen LogP contribution in [0.3, 0.4) is 0 Å². The molecule has 1 amide bonds. The van der Waals surface area contributed by atoms with Crippen molar-refractivity contribution in [3.8, 4) is 11.3 Å². The Kier molecular flexibility index (Phi) is 5.81. The van der Waals surface area contributed by atoms with E-state index in [4.69, 9.17) is 0 Å². The van der Waals surface area contributed by atoms with Gasteiger partial charge in [-0.2, -0.15) is 0 Å². The number of benzene rings is 2. The van der Waals surface area contributed by atoms with Gasteiger partial charge in [-0.25, -0.2) is 13.4 Å². The summed E-state index contributed by atoms with van der Waals surface area (Å²) in [6.45, 7) is 0. The van der Waals surface area contributed by atoms with Gasteiger partial charge in [0.15, 0.2) is 15.0 Å². The molecule has 0 fully saturated rings. The number of anilines is 1. The molecule has 0 atom stereocenters. The number of nitrogens with one attached hydrogen (secondary N) is 1. The standard InChI is InChI=1S/C18H15N3O5S2/c22-17(10-11-28(25,26)15-4-2-1-3-5-15)20-18-19-16(12-27-18)13-6-8-14(9-7-13)21(23)24/h1-9,12H,10-11H2,(H,19,20,22). The lowest BCUT2D eigenvalue weighted by Crippen LogP contribution is -2.17. The quantitative estimate of drug-likeness (QED) is 0.464. The fourth-order valence-corrected chi connectivity index (χ4v) is 4.37. The van der Waals surface area contributed by atoms with E-state index in [2.05, 4.69) is 10.3 Å². The average Bonchev–Trinajstić information content (AvgIpc) is 3.16. The molecule has 1 N–H and O–H groups in total. The molecule has 0 saturated carbocycles. The van der Waals surface area contributed by atoms with Crippen LogP contribution in [0, 0.1) is 10.1 Å². The first-order chi connectivity index (χ1) is 13.3. The molecule has 1 heterocycles. The highest BCUT2D eigenvalue weighted by Crippen LogP contribution is 2.26. The van der Waals surface area contributed by atoms with E-state index in [-0.39, 0.29) is 22.8 Å². The number of non-ortho nitro benzene ring substituents is 1. The molecule has 1 aromatic heterocycles. The first-order valence-corrected chi connectivity index (χ1v) is 10.7. The molecule has 0 bridgehead atoms. The molecule has 0 aliphatic carbocycles. The molecular weight excluding hydrogens is 402 g/mol. The van der Waals surface area contributed by atoms with Gasteiger partial charge in [0.1, 0.15) is 0 Å². The second kappa shape index (κ2) is 8.28. The van der Waals surface area contributed by atoms with Crippen molar-refractivity contribution in [2.24, 2.45) is 0 Å². The first-order valence-electron chi connectivity index (χ1n) is 8.13. The number of nitro benzene ring substituents is 1. The van der Waals surface area contributed by atoms with Crippen LogP contribution in [0.25, 0.3) is 11.3 Å². The van der Waals surface area contributed by atoms with Crippen molar-refractivity contribution in [2.45, 2.75) is 11.3 Å². The number of thiazole rings is 1. The van der Waals surface area contributed by atoms with Crippen LogP contribution in [-0.2, 0) is 14.6 Å². The minimum Gasteiger partial charge on any atom is -0.302 e. The summed E-state index contributed by atoms with van der Waals surface area (Å²) in [4.78, 5) is 26.7. The van der Waals surface area contributed by atoms with Crippen LogP contribution < -0.4 is 5.32 Å². The molecule has 3 aromatic rings. The molecular formula is C18H15N3O5S2. The monoisotopic (exact) mass is 417 g/mol. The van der Waals surface area contributed by atoms with Crippen LogP contribution in [0.2, 0.25) is 0 Å². The molecule has 0 aliphatic rings. The van der Waals surface area contributed by atoms with Gasteiger partial charge in [0.05, 0.1) is 21.3 Å². The van der Waals surface area contributed by atoms with Crippen molar-refractivity contribution in [3.63, 3.8) is 0 Å². The number of sulfone groups is 1. The van der Waals surface area contributed by atoms with E-state index >= 15 is 0 Å². The van der Waals surface area contributed by atoms with Gasteiger partial charge in [-0.1, -0.05) is 18.2 Å². The van der Waals surface area contributed by atoms with E-state index in [0.717, 1.165) is 0 Å². The number of amides is 1. The van der Waals surface area contributed by atoms with Crippen molar-refractivity contribution in [2.75, 3.05) is 11.1 Å². The van der Waals surface area contributed by atoms with Gasteiger partial charge in [-0.15, -0.1) is 11.3 Å². The summed E-state index contributed by atoms with van der Waals surface area (Å²) in [7, 11) is -3.53. The summed E-state index contributed by atoms with van der Waals surface area (Å²) in [6.07, 6.45) is -0.191. The van der Waals surface area contributed by atoms with Crippen molar-refractivity contribution in [1.29, 1.82) is 0 Å². The zero-order valence-electron chi connectivity index (χ0n) is 14.4. The average molecular weight is 417 g/mol. The topological polar surface area (TPSA) is 119 Å². The van der Waals surface area contributed by atoms with Gasteiger partial charge < -0.3 is 5.32 Å². The molecule has 28 heavy (non-hydrogen) atoms. The van der Waals surface area contributed by atoms with Crippen molar-refractivity contribution in [1.82, 2.24) is 4.98 Å². The number of hydrogen-bond acceptors (Lipinski definition) is 7. The van der Waals surface area contributed by atoms with Crippen LogP contribution >= 0.6 is 11.3 Å². The maximum absolute atomic E-state index is 12.2. The predicted molar refractivity (Wildman–Crippen MR) is 106 cm³/mol. The normalized spacial score (nSPS) is 11.1. The van der Waals surface area contributed by atoms with Gasteiger partial charge in [0, 0.05) is 29.5 Å². The highest BCUT2D eigenvalue weighted by molar-refractivity contribution is 7.91. The third-order valence-electron chi connectivity index (χ3n) is 3.82. The number of aromatic nitrogens is 1.